The van der Waals surface area contributed by atoms with E-state index in [1.54, 1.807) is 0 Å². The molecule has 1 aromatic rings. The molecule has 0 aromatic heterocycles. The van der Waals surface area contributed by atoms with Gasteiger partial charge in [-0.3, -0.25) is 0 Å². The van der Waals surface area contributed by atoms with Gasteiger partial charge in [-0.25, -0.2) is 4.79 Å². The summed E-state index contributed by atoms with van der Waals surface area (Å²) in [6, 6.07) is 4.59. The summed E-state index contributed by atoms with van der Waals surface area (Å²) in [7, 11) is 2.13. The number of carbonyl (C=O) groups excluding carboxylic acids is 1. The maximum absolute atomic E-state index is 12.6. The second kappa shape index (κ2) is 6.19. The average molecular weight is 315 g/mol. The molecule has 3 rings (SSSR count). The van der Waals surface area contributed by atoms with Crippen molar-refractivity contribution >= 4 is 19.4 Å². The molecule has 0 bridgehead atoms. The number of fused-ring (bicyclic) bond motifs is 1. The van der Waals surface area contributed by atoms with Gasteiger partial charge in [-0.2, -0.15) is 0 Å². The van der Waals surface area contributed by atoms with Gasteiger partial charge in [0.2, 0.25) is 0 Å². The Hall–Kier alpha value is -1.49. The maximum Gasteiger partial charge on any atom is 0.410 e. The van der Waals surface area contributed by atoms with Crippen molar-refractivity contribution in [1.29, 1.82) is 0 Å². The first-order valence-corrected chi connectivity index (χ1v) is 8.55. The lowest BCUT2D eigenvalue weighted by molar-refractivity contribution is 0.0221. The number of amides is 1. The number of nitrogens with zero attached hydrogens (tertiary/aromatic N) is 1. The third-order valence-corrected chi connectivity index (χ3v) is 4.52. The minimum Gasteiger partial charge on any atom is -0.444 e. The molecule has 1 amide bonds. The van der Waals surface area contributed by atoms with E-state index in [9.17, 15) is 4.79 Å². The van der Waals surface area contributed by atoms with Crippen molar-refractivity contribution in [2.45, 2.75) is 58.3 Å². The topological polar surface area (TPSA) is 38.8 Å². The van der Waals surface area contributed by atoms with Crippen molar-refractivity contribution in [2.24, 2.45) is 0 Å². The Kier molecular flexibility index (Phi) is 4.41. The molecule has 2 aliphatic rings. The van der Waals surface area contributed by atoms with Gasteiger partial charge in [0.05, 0.1) is 19.3 Å². The largest absolute Gasteiger partial charge is 0.444 e. The lowest BCUT2D eigenvalue weighted by Gasteiger charge is -2.31. The van der Waals surface area contributed by atoms with Gasteiger partial charge in [0.15, 0.2) is 0 Å². The fraction of sp³-hybridized carbons (Fsp3) is 0.611. The average Bonchev–Trinajstić information content (AvgIpc) is 2.93. The highest BCUT2D eigenvalue weighted by atomic mass is 16.6. The van der Waals surface area contributed by atoms with Gasteiger partial charge in [0, 0.05) is 6.54 Å². The van der Waals surface area contributed by atoms with Crippen LogP contribution in [0.25, 0.3) is 0 Å². The molecule has 1 atom stereocenters. The zero-order valence-electron chi connectivity index (χ0n) is 14.6. The van der Waals surface area contributed by atoms with Crippen LogP contribution in [0.5, 0.6) is 0 Å². The minimum absolute atomic E-state index is 0.111. The molecule has 5 heteroatoms. The normalized spacial score (nSPS) is 21.2. The first-order chi connectivity index (χ1) is 10.8. The lowest BCUT2D eigenvalue weighted by Crippen LogP contribution is -2.37. The van der Waals surface area contributed by atoms with Crippen LogP contribution in [0.1, 0.15) is 56.3 Å². The second-order valence-corrected chi connectivity index (χ2v) is 7.63. The van der Waals surface area contributed by atoms with E-state index in [1.165, 1.54) is 22.2 Å². The molecule has 2 aliphatic heterocycles. The zero-order valence-corrected chi connectivity index (χ0v) is 14.6. The fourth-order valence-electron chi connectivity index (χ4n) is 3.60. The molecular weight excluding hydrogens is 289 g/mol. The van der Waals surface area contributed by atoms with Crippen molar-refractivity contribution in [3.05, 3.63) is 28.8 Å². The van der Waals surface area contributed by atoms with E-state index in [1.807, 2.05) is 25.7 Å². The number of likely N-dealkylation sites (tertiary alicyclic amines) is 1. The van der Waals surface area contributed by atoms with E-state index >= 15 is 0 Å². The first kappa shape index (κ1) is 16.4. The van der Waals surface area contributed by atoms with Gasteiger partial charge in [-0.1, -0.05) is 17.6 Å². The van der Waals surface area contributed by atoms with Crippen LogP contribution in [0.15, 0.2) is 12.1 Å². The molecule has 23 heavy (non-hydrogen) atoms. The Labute approximate surface area is 139 Å². The smallest absolute Gasteiger partial charge is 0.410 e. The van der Waals surface area contributed by atoms with Gasteiger partial charge >= 0.3 is 6.09 Å². The summed E-state index contributed by atoms with van der Waals surface area (Å²) in [5, 5.41) is 0. The van der Waals surface area contributed by atoms with E-state index in [-0.39, 0.29) is 12.1 Å². The highest BCUT2D eigenvalue weighted by Gasteiger charge is 2.35. The van der Waals surface area contributed by atoms with Crippen LogP contribution >= 0.6 is 0 Å². The quantitative estimate of drug-likeness (QED) is 0.745. The number of hydrogen-bond acceptors (Lipinski definition) is 3. The first-order valence-electron chi connectivity index (χ1n) is 8.55. The van der Waals surface area contributed by atoms with Crippen molar-refractivity contribution in [2.75, 3.05) is 13.2 Å². The molecule has 0 N–H and O–H groups in total. The molecule has 4 nitrogen and oxygen atoms in total. The summed E-state index contributed by atoms with van der Waals surface area (Å²) < 4.78 is 11.3. The second-order valence-electron chi connectivity index (χ2n) is 7.63. The molecule has 0 aliphatic carbocycles. The Morgan fingerprint density at radius 3 is 2.91 bits per heavy atom. The predicted octanol–water partition coefficient (Wildman–Crippen LogP) is 2.09. The summed E-state index contributed by atoms with van der Waals surface area (Å²) in [5.41, 5.74) is 4.71. The molecule has 0 spiro atoms. The van der Waals surface area contributed by atoms with Gasteiger partial charge in [0.1, 0.15) is 13.4 Å². The van der Waals surface area contributed by atoms with E-state index in [0.29, 0.717) is 6.61 Å². The summed E-state index contributed by atoms with van der Waals surface area (Å²) in [5.74, 6) is 0. The summed E-state index contributed by atoms with van der Waals surface area (Å²) in [4.78, 5) is 14.5. The van der Waals surface area contributed by atoms with Crippen LogP contribution in [0.3, 0.4) is 0 Å². The standard InChI is InChI=1S/C18H26BNO3/c1-18(2,3)23-17(21)20-7-4-5-16(20)14-10-13(19)9-12-6-8-22-11-15(12)14/h9-10,16H,4-8,11,19H2,1-3H3/t16-/m0/s1. The highest BCUT2D eigenvalue weighted by molar-refractivity contribution is 6.32. The fourth-order valence-corrected chi connectivity index (χ4v) is 3.60. The van der Waals surface area contributed by atoms with E-state index in [4.69, 9.17) is 9.47 Å². The Morgan fingerprint density at radius 1 is 1.39 bits per heavy atom. The Morgan fingerprint density at radius 2 is 2.17 bits per heavy atom. The number of carbonyl (C=O) groups is 1. The third-order valence-electron chi connectivity index (χ3n) is 4.52. The Bertz CT molecular complexity index is 609. The third kappa shape index (κ3) is 3.55. The number of benzene rings is 1. The van der Waals surface area contributed by atoms with Crippen LogP contribution in [0.2, 0.25) is 0 Å². The van der Waals surface area contributed by atoms with Gasteiger partial charge in [-0.05, 0) is 56.7 Å². The van der Waals surface area contributed by atoms with Crippen LogP contribution in [-0.2, 0) is 22.5 Å². The number of rotatable bonds is 1. The summed E-state index contributed by atoms with van der Waals surface area (Å²) in [6.45, 7) is 7.96. The van der Waals surface area contributed by atoms with Crippen molar-refractivity contribution < 1.29 is 14.3 Å². The van der Waals surface area contributed by atoms with Gasteiger partial charge in [-0.15, -0.1) is 0 Å². The molecule has 0 unspecified atom stereocenters. The minimum atomic E-state index is -0.459. The summed E-state index contributed by atoms with van der Waals surface area (Å²) >= 11 is 0. The van der Waals surface area contributed by atoms with E-state index < -0.39 is 5.60 Å². The monoisotopic (exact) mass is 315 g/mol. The molecule has 2 heterocycles. The lowest BCUT2D eigenvalue weighted by atomic mass is 9.84. The molecular formula is C18H26BNO3. The van der Waals surface area contributed by atoms with Crippen molar-refractivity contribution in [3.63, 3.8) is 0 Å². The number of ether oxygens (including phenoxy) is 2. The van der Waals surface area contributed by atoms with E-state index in [0.717, 1.165) is 32.4 Å². The SMILES string of the molecule is Bc1cc2c(c([C@@H]3CCCN3C(=O)OC(C)(C)C)c1)COCC2. The molecule has 124 valence electrons. The number of hydrogen-bond donors (Lipinski definition) is 0. The highest BCUT2D eigenvalue weighted by Crippen LogP contribution is 2.36. The van der Waals surface area contributed by atoms with E-state index in [2.05, 4.69) is 20.0 Å². The van der Waals surface area contributed by atoms with Crippen LogP contribution in [0, 0.1) is 0 Å². The van der Waals surface area contributed by atoms with Crippen molar-refractivity contribution in [3.8, 4) is 0 Å². The molecule has 0 radical (unpaired) electrons. The molecule has 1 aromatic carbocycles. The zero-order chi connectivity index (χ0) is 16.6. The maximum atomic E-state index is 12.6. The molecule has 1 fully saturated rings. The summed E-state index contributed by atoms with van der Waals surface area (Å²) in [6.07, 6.45) is 2.78. The Balaban J connectivity index is 1.91. The van der Waals surface area contributed by atoms with Crippen LogP contribution < -0.4 is 5.46 Å². The molecule has 0 saturated carbocycles. The van der Waals surface area contributed by atoms with Crippen LogP contribution in [0.4, 0.5) is 4.79 Å². The van der Waals surface area contributed by atoms with Gasteiger partial charge < -0.3 is 14.4 Å². The van der Waals surface area contributed by atoms with Gasteiger partial charge in [0.25, 0.3) is 0 Å². The van der Waals surface area contributed by atoms with Crippen LogP contribution in [-0.4, -0.2) is 37.6 Å². The predicted molar refractivity (Wildman–Crippen MR) is 92.9 cm³/mol. The van der Waals surface area contributed by atoms with Crippen molar-refractivity contribution in [1.82, 2.24) is 4.90 Å². The molecule has 1 saturated heterocycles.